The van der Waals surface area contributed by atoms with Crippen LogP contribution in [0.15, 0.2) is 53.1 Å². The van der Waals surface area contributed by atoms with Crippen LogP contribution in [-0.2, 0) is 22.7 Å². The Morgan fingerprint density at radius 2 is 1.97 bits per heavy atom. The van der Waals surface area contributed by atoms with Crippen LogP contribution in [0.3, 0.4) is 0 Å². The predicted molar refractivity (Wildman–Crippen MR) is 110 cm³/mol. The third-order valence-electron chi connectivity index (χ3n) is 6.00. The highest BCUT2D eigenvalue weighted by molar-refractivity contribution is 5.89. The van der Waals surface area contributed by atoms with Gasteiger partial charge in [-0.15, -0.1) is 0 Å². The minimum atomic E-state index is -0.274. The number of likely N-dealkylation sites (tertiary alicyclic amines) is 2. The lowest BCUT2D eigenvalue weighted by molar-refractivity contribution is -0.129. The maximum Gasteiger partial charge on any atom is 0.225 e. The van der Waals surface area contributed by atoms with Crippen molar-refractivity contribution in [2.24, 2.45) is 5.92 Å². The Kier molecular flexibility index (Phi) is 6.30. The van der Waals surface area contributed by atoms with Crippen LogP contribution >= 0.6 is 0 Å². The largest absolute Gasteiger partial charge is 0.467 e. The molecule has 29 heavy (non-hydrogen) atoms. The van der Waals surface area contributed by atoms with E-state index in [1.165, 1.54) is 18.4 Å². The summed E-state index contributed by atoms with van der Waals surface area (Å²) in [6.07, 6.45) is 5.39. The second-order valence-electron chi connectivity index (χ2n) is 8.11. The summed E-state index contributed by atoms with van der Waals surface area (Å²) >= 11 is 0. The lowest BCUT2D eigenvalue weighted by Gasteiger charge is -2.36. The van der Waals surface area contributed by atoms with Gasteiger partial charge in [-0.2, -0.15) is 0 Å². The lowest BCUT2D eigenvalue weighted by atomic mass is 10.0. The van der Waals surface area contributed by atoms with Crippen LogP contribution in [-0.4, -0.2) is 47.3 Å². The van der Waals surface area contributed by atoms with E-state index in [1.54, 1.807) is 11.2 Å². The number of rotatable bonds is 7. The van der Waals surface area contributed by atoms with E-state index in [0.29, 0.717) is 25.7 Å². The van der Waals surface area contributed by atoms with Crippen molar-refractivity contribution in [1.29, 1.82) is 0 Å². The topological polar surface area (TPSA) is 65.8 Å². The van der Waals surface area contributed by atoms with Crippen LogP contribution in [0.4, 0.5) is 0 Å². The molecule has 0 radical (unpaired) electrons. The fourth-order valence-corrected chi connectivity index (χ4v) is 4.37. The van der Waals surface area contributed by atoms with E-state index < -0.39 is 0 Å². The molecule has 2 aliphatic heterocycles. The average Bonchev–Trinajstić information content (AvgIpc) is 3.38. The molecule has 2 aromatic rings. The second-order valence-corrected chi connectivity index (χ2v) is 8.11. The number of carbonyl (C=O) groups excluding carboxylic acids is 2. The first-order valence-electron chi connectivity index (χ1n) is 10.5. The predicted octanol–water partition coefficient (Wildman–Crippen LogP) is 2.80. The molecule has 3 heterocycles. The normalized spacial score (nSPS) is 22.8. The molecule has 1 aromatic carbocycles. The molecular formula is C23H29N3O3. The van der Waals surface area contributed by atoms with Gasteiger partial charge in [-0.25, -0.2) is 0 Å². The van der Waals surface area contributed by atoms with Gasteiger partial charge in [-0.3, -0.25) is 14.5 Å². The summed E-state index contributed by atoms with van der Waals surface area (Å²) in [4.78, 5) is 29.2. The molecule has 2 fully saturated rings. The maximum absolute atomic E-state index is 12.7. The molecule has 0 spiro atoms. The average molecular weight is 396 g/mol. The summed E-state index contributed by atoms with van der Waals surface area (Å²) in [5, 5.41) is 3.13. The zero-order valence-corrected chi connectivity index (χ0v) is 16.8. The van der Waals surface area contributed by atoms with Gasteiger partial charge in [-0.05, 0) is 37.1 Å². The van der Waals surface area contributed by atoms with E-state index in [-0.39, 0.29) is 24.2 Å². The number of hydrogen-bond acceptors (Lipinski definition) is 4. The molecule has 4 rings (SSSR count). The number of carbonyl (C=O) groups is 2. The molecule has 154 valence electrons. The van der Waals surface area contributed by atoms with Crippen molar-refractivity contribution in [2.75, 3.05) is 19.6 Å². The van der Waals surface area contributed by atoms with Crippen LogP contribution in [0.1, 0.15) is 37.0 Å². The Balaban J connectivity index is 1.28. The fourth-order valence-electron chi connectivity index (χ4n) is 4.37. The standard InChI is InChI=1S/C23H29N3O3/c27-22-13-19(16-26(22)17-21-10-6-12-29-21)23(28)24-14-20-9-4-5-11-25(20)15-18-7-2-1-3-8-18/h1-3,6-8,10,12,19-20H,4-5,9,11,13-17H2,(H,24,28)/t19-,20+/m0/s1. The number of piperidine rings is 1. The lowest BCUT2D eigenvalue weighted by Crippen LogP contribution is -2.47. The van der Waals surface area contributed by atoms with E-state index in [0.717, 1.165) is 25.3 Å². The molecule has 0 aliphatic carbocycles. The number of nitrogens with zero attached hydrogens (tertiary/aromatic N) is 2. The monoisotopic (exact) mass is 395 g/mol. The Morgan fingerprint density at radius 1 is 1.10 bits per heavy atom. The molecule has 1 N–H and O–H groups in total. The number of amides is 2. The second kappa shape index (κ2) is 9.27. The van der Waals surface area contributed by atoms with Gasteiger partial charge in [0.25, 0.3) is 0 Å². The fraction of sp³-hybridized carbons (Fsp3) is 0.478. The van der Waals surface area contributed by atoms with Crippen LogP contribution in [0.25, 0.3) is 0 Å². The highest BCUT2D eigenvalue weighted by Gasteiger charge is 2.35. The Bertz CT molecular complexity index is 806. The van der Waals surface area contributed by atoms with E-state index in [1.807, 2.05) is 18.2 Å². The molecule has 2 aliphatic rings. The molecule has 0 saturated carbocycles. The minimum absolute atomic E-state index is 0.00877. The molecule has 6 heteroatoms. The molecule has 0 unspecified atom stereocenters. The van der Waals surface area contributed by atoms with E-state index in [9.17, 15) is 9.59 Å². The zero-order chi connectivity index (χ0) is 20.1. The van der Waals surface area contributed by atoms with Gasteiger partial charge in [-0.1, -0.05) is 36.8 Å². The summed E-state index contributed by atoms with van der Waals surface area (Å²) < 4.78 is 5.33. The van der Waals surface area contributed by atoms with Crippen molar-refractivity contribution in [3.63, 3.8) is 0 Å². The highest BCUT2D eigenvalue weighted by atomic mass is 16.3. The molecular weight excluding hydrogens is 366 g/mol. The van der Waals surface area contributed by atoms with Crippen molar-refractivity contribution in [2.45, 2.75) is 44.8 Å². The Morgan fingerprint density at radius 3 is 2.76 bits per heavy atom. The van der Waals surface area contributed by atoms with Gasteiger partial charge in [0.2, 0.25) is 11.8 Å². The summed E-state index contributed by atoms with van der Waals surface area (Å²) in [6, 6.07) is 14.5. The van der Waals surface area contributed by atoms with Gasteiger partial charge >= 0.3 is 0 Å². The van der Waals surface area contributed by atoms with Crippen LogP contribution < -0.4 is 5.32 Å². The molecule has 1 aromatic heterocycles. The minimum Gasteiger partial charge on any atom is -0.467 e. The van der Waals surface area contributed by atoms with Crippen molar-refractivity contribution in [3.8, 4) is 0 Å². The first kappa shape index (κ1) is 19.7. The number of furan rings is 1. The molecule has 2 saturated heterocycles. The maximum atomic E-state index is 12.7. The van der Waals surface area contributed by atoms with Crippen molar-refractivity contribution < 1.29 is 14.0 Å². The summed E-state index contributed by atoms with van der Waals surface area (Å²) in [5.41, 5.74) is 1.31. The van der Waals surface area contributed by atoms with Crippen molar-refractivity contribution in [3.05, 3.63) is 60.1 Å². The van der Waals surface area contributed by atoms with E-state index in [2.05, 4.69) is 34.5 Å². The van der Waals surface area contributed by atoms with Crippen LogP contribution in [0.2, 0.25) is 0 Å². The van der Waals surface area contributed by atoms with E-state index in [4.69, 9.17) is 4.42 Å². The number of hydrogen-bond donors (Lipinski definition) is 1. The zero-order valence-electron chi connectivity index (χ0n) is 16.8. The number of nitrogens with one attached hydrogen (secondary N) is 1. The summed E-state index contributed by atoms with van der Waals surface area (Å²) in [6.45, 7) is 3.52. The summed E-state index contributed by atoms with van der Waals surface area (Å²) in [7, 11) is 0. The third-order valence-corrected chi connectivity index (χ3v) is 6.00. The number of benzene rings is 1. The van der Waals surface area contributed by atoms with Crippen LogP contribution in [0.5, 0.6) is 0 Å². The molecule has 6 nitrogen and oxygen atoms in total. The molecule has 2 atom stereocenters. The van der Waals surface area contributed by atoms with Crippen molar-refractivity contribution in [1.82, 2.24) is 15.1 Å². The Hall–Kier alpha value is -2.60. The first-order valence-corrected chi connectivity index (χ1v) is 10.5. The molecule has 2 amide bonds. The highest BCUT2D eigenvalue weighted by Crippen LogP contribution is 2.22. The van der Waals surface area contributed by atoms with E-state index >= 15 is 0 Å². The van der Waals surface area contributed by atoms with Gasteiger partial charge in [0.1, 0.15) is 5.76 Å². The summed E-state index contributed by atoms with van der Waals surface area (Å²) in [5.74, 6) is 0.484. The molecule has 0 bridgehead atoms. The van der Waals surface area contributed by atoms with Gasteiger partial charge in [0, 0.05) is 32.1 Å². The SMILES string of the molecule is O=C(NC[C@H]1CCCCN1Cc1ccccc1)[C@H]1CC(=O)N(Cc2ccco2)C1. The first-order chi connectivity index (χ1) is 14.2. The quantitative estimate of drug-likeness (QED) is 0.783. The van der Waals surface area contributed by atoms with Crippen molar-refractivity contribution >= 4 is 11.8 Å². The smallest absolute Gasteiger partial charge is 0.225 e. The van der Waals surface area contributed by atoms with Gasteiger partial charge < -0.3 is 14.6 Å². The van der Waals surface area contributed by atoms with Gasteiger partial charge in [0.15, 0.2) is 0 Å². The third kappa shape index (κ3) is 5.07. The van der Waals surface area contributed by atoms with Crippen LogP contribution in [0, 0.1) is 5.92 Å². The van der Waals surface area contributed by atoms with Gasteiger partial charge in [0.05, 0.1) is 18.7 Å². The Labute approximate surface area is 171 Å².